The van der Waals surface area contributed by atoms with Gasteiger partial charge in [-0.15, -0.1) is 0 Å². The second-order valence-corrected chi connectivity index (χ2v) is 5.17. The molecule has 25 heavy (non-hydrogen) atoms. The molecule has 0 aliphatic heterocycles. The number of hydrogen-bond acceptors (Lipinski definition) is 7. The summed E-state index contributed by atoms with van der Waals surface area (Å²) in [4.78, 5) is 12.9. The Morgan fingerprint density at radius 1 is 0.920 bits per heavy atom. The standard InChI is InChI=1S/C18H16O7/c1-22-13-7-12(20)14-15(21)10(8-25-18(14)17(13)24-3)9-5-4-6-11(19)16(9)23-2/h4-8,19-20H,1-3H3. The fraction of sp³-hybridized carbons (Fsp3) is 0.167. The van der Waals surface area contributed by atoms with Crippen molar-refractivity contribution in [1.29, 1.82) is 0 Å². The zero-order valence-corrected chi connectivity index (χ0v) is 13.8. The number of aromatic hydroxyl groups is 2. The van der Waals surface area contributed by atoms with Crippen molar-refractivity contribution in [2.75, 3.05) is 21.3 Å². The van der Waals surface area contributed by atoms with Gasteiger partial charge in [-0.25, -0.2) is 0 Å². The molecule has 0 aliphatic carbocycles. The molecule has 0 amide bonds. The van der Waals surface area contributed by atoms with E-state index in [0.29, 0.717) is 5.56 Å². The SMILES string of the molecule is COc1cc(O)c2c(=O)c(-c3cccc(O)c3OC)coc2c1OC. The molecule has 2 N–H and O–H groups in total. The van der Waals surface area contributed by atoms with Gasteiger partial charge in [-0.05, 0) is 6.07 Å². The van der Waals surface area contributed by atoms with Crippen LogP contribution in [0.3, 0.4) is 0 Å². The van der Waals surface area contributed by atoms with Crippen molar-refractivity contribution in [2.24, 2.45) is 0 Å². The second-order valence-electron chi connectivity index (χ2n) is 5.17. The lowest BCUT2D eigenvalue weighted by molar-refractivity contribution is 0.350. The summed E-state index contributed by atoms with van der Waals surface area (Å²) in [5.41, 5.74) is 0.0333. The Hall–Kier alpha value is -3.35. The first-order valence-electron chi connectivity index (χ1n) is 7.29. The normalized spacial score (nSPS) is 10.7. The highest BCUT2D eigenvalue weighted by Crippen LogP contribution is 2.42. The van der Waals surface area contributed by atoms with Crippen LogP contribution < -0.4 is 19.6 Å². The van der Waals surface area contributed by atoms with Gasteiger partial charge < -0.3 is 28.8 Å². The lowest BCUT2D eigenvalue weighted by Crippen LogP contribution is -2.07. The first kappa shape index (κ1) is 16.5. The first-order valence-corrected chi connectivity index (χ1v) is 7.29. The van der Waals surface area contributed by atoms with Crippen molar-refractivity contribution in [3.63, 3.8) is 0 Å². The van der Waals surface area contributed by atoms with E-state index in [1.165, 1.54) is 39.7 Å². The molecule has 3 rings (SSSR count). The molecule has 0 spiro atoms. The van der Waals surface area contributed by atoms with Crippen LogP contribution in [-0.2, 0) is 0 Å². The molecule has 0 saturated heterocycles. The third-order valence-corrected chi connectivity index (χ3v) is 3.86. The minimum absolute atomic E-state index is 0.0551. The van der Waals surface area contributed by atoms with Crippen LogP contribution in [0.2, 0.25) is 0 Å². The zero-order valence-electron chi connectivity index (χ0n) is 13.8. The van der Waals surface area contributed by atoms with Gasteiger partial charge in [0.15, 0.2) is 22.8 Å². The molecule has 7 nitrogen and oxygen atoms in total. The smallest absolute Gasteiger partial charge is 0.204 e. The fourth-order valence-corrected chi connectivity index (χ4v) is 2.72. The number of methoxy groups -OCH3 is 3. The molecule has 1 aromatic heterocycles. The van der Waals surface area contributed by atoms with Crippen LogP contribution in [0.5, 0.6) is 28.7 Å². The molecule has 2 aromatic carbocycles. The predicted molar refractivity (Wildman–Crippen MR) is 90.9 cm³/mol. The Bertz CT molecular complexity index is 1000. The maximum atomic E-state index is 12.9. The van der Waals surface area contributed by atoms with Gasteiger partial charge in [-0.2, -0.15) is 0 Å². The van der Waals surface area contributed by atoms with E-state index >= 15 is 0 Å². The van der Waals surface area contributed by atoms with Gasteiger partial charge in [-0.3, -0.25) is 4.79 Å². The average Bonchev–Trinajstić information content (AvgIpc) is 2.61. The van der Waals surface area contributed by atoms with Crippen molar-refractivity contribution in [3.05, 3.63) is 40.8 Å². The van der Waals surface area contributed by atoms with E-state index in [1.807, 2.05) is 0 Å². The van der Waals surface area contributed by atoms with Crippen molar-refractivity contribution >= 4 is 11.0 Å². The highest BCUT2D eigenvalue weighted by atomic mass is 16.5. The van der Waals surface area contributed by atoms with E-state index in [1.54, 1.807) is 12.1 Å². The van der Waals surface area contributed by atoms with Gasteiger partial charge in [0, 0.05) is 11.6 Å². The van der Waals surface area contributed by atoms with Crippen LogP contribution in [-0.4, -0.2) is 31.5 Å². The summed E-state index contributed by atoms with van der Waals surface area (Å²) in [6.45, 7) is 0. The Balaban J connectivity index is 2.39. The summed E-state index contributed by atoms with van der Waals surface area (Å²) >= 11 is 0. The number of benzene rings is 2. The summed E-state index contributed by atoms with van der Waals surface area (Å²) in [5.74, 6) is 0.146. The highest BCUT2D eigenvalue weighted by molar-refractivity contribution is 5.93. The van der Waals surface area contributed by atoms with E-state index in [9.17, 15) is 15.0 Å². The Kier molecular flexibility index (Phi) is 4.14. The third kappa shape index (κ3) is 2.50. The Morgan fingerprint density at radius 2 is 1.64 bits per heavy atom. The number of hydrogen-bond donors (Lipinski definition) is 2. The topological polar surface area (TPSA) is 98.4 Å². The van der Waals surface area contributed by atoms with Crippen molar-refractivity contribution in [1.82, 2.24) is 0 Å². The quantitative estimate of drug-likeness (QED) is 0.751. The minimum Gasteiger partial charge on any atom is -0.507 e. The van der Waals surface area contributed by atoms with Gasteiger partial charge in [0.05, 0.1) is 26.9 Å². The number of ether oxygens (including phenoxy) is 3. The Morgan fingerprint density at radius 3 is 2.28 bits per heavy atom. The average molecular weight is 344 g/mol. The lowest BCUT2D eigenvalue weighted by atomic mass is 10.0. The molecule has 0 saturated carbocycles. The van der Waals surface area contributed by atoms with Crippen LogP contribution in [0.25, 0.3) is 22.1 Å². The van der Waals surface area contributed by atoms with Crippen LogP contribution >= 0.6 is 0 Å². The maximum Gasteiger partial charge on any atom is 0.204 e. The summed E-state index contributed by atoms with van der Waals surface area (Å²) in [6, 6.07) is 5.90. The molecule has 0 unspecified atom stereocenters. The maximum absolute atomic E-state index is 12.9. The molecule has 0 fully saturated rings. The number of para-hydroxylation sites is 1. The van der Waals surface area contributed by atoms with Crippen LogP contribution in [0.1, 0.15) is 0 Å². The van der Waals surface area contributed by atoms with E-state index in [4.69, 9.17) is 18.6 Å². The number of fused-ring (bicyclic) bond motifs is 1. The van der Waals surface area contributed by atoms with E-state index < -0.39 is 5.43 Å². The molecule has 7 heteroatoms. The van der Waals surface area contributed by atoms with Gasteiger partial charge >= 0.3 is 0 Å². The van der Waals surface area contributed by atoms with Gasteiger partial charge in [0.1, 0.15) is 17.4 Å². The minimum atomic E-state index is -0.497. The molecule has 0 aliphatic rings. The predicted octanol–water partition coefficient (Wildman–Crippen LogP) is 2.90. The van der Waals surface area contributed by atoms with Crippen molar-refractivity contribution in [2.45, 2.75) is 0 Å². The zero-order chi connectivity index (χ0) is 18.1. The van der Waals surface area contributed by atoms with Crippen LogP contribution in [0.4, 0.5) is 0 Å². The Labute approximate surface area is 142 Å². The van der Waals surface area contributed by atoms with Gasteiger partial charge in [0.25, 0.3) is 0 Å². The molecule has 1 heterocycles. The fourth-order valence-electron chi connectivity index (χ4n) is 2.72. The number of phenols is 2. The number of phenolic OH excluding ortho intramolecular Hbond substituents is 2. The van der Waals surface area contributed by atoms with Gasteiger partial charge in [-0.1, -0.05) is 12.1 Å². The van der Waals surface area contributed by atoms with E-state index in [2.05, 4.69) is 0 Å². The van der Waals surface area contributed by atoms with Crippen molar-refractivity contribution < 1.29 is 28.8 Å². The molecule has 3 aromatic rings. The lowest BCUT2D eigenvalue weighted by Gasteiger charge is -2.13. The van der Waals surface area contributed by atoms with Crippen LogP contribution in [0.15, 0.2) is 39.7 Å². The monoisotopic (exact) mass is 344 g/mol. The second kappa shape index (κ2) is 6.27. The van der Waals surface area contributed by atoms with E-state index in [0.717, 1.165) is 0 Å². The molecule has 0 atom stereocenters. The van der Waals surface area contributed by atoms with Crippen LogP contribution in [0, 0.1) is 0 Å². The largest absolute Gasteiger partial charge is 0.507 e. The summed E-state index contributed by atoms with van der Waals surface area (Å²) in [5, 5.41) is 20.1. The molecule has 0 bridgehead atoms. The molecular weight excluding hydrogens is 328 g/mol. The van der Waals surface area contributed by atoms with Gasteiger partial charge in [0.2, 0.25) is 11.2 Å². The summed E-state index contributed by atoms with van der Waals surface area (Å²) in [7, 11) is 4.19. The molecule has 130 valence electrons. The molecule has 0 radical (unpaired) electrons. The summed E-state index contributed by atoms with van der Waals surface area (Å²) in [6.07, 6.45) is 1.23. The van der Waals surface area contributed by atoms with Crippen molar-refractivity contribution in [3.8, 4) is 39.9 Å². The first-order chi connectivity index (χ1) is 12.0. The molecular formula is C18H16O7. The summed E-state index contributed by atoms with van der Waals surface area (Å²) < 4.78 is 21.1. The highest BCUT2D eigenvalue weighted by Gasteiger charge is 2.22. The van der Waals surface area contributed by atoms with E-state index in [-0.39, 0.29) is 45.3 Å². The number of rotatable bonds is 4. The third-order valence-electron chi connectivity index (χ3n) is 3.86.